The average Bonchev–Trinajstić information content (AvgIpc) is 3.23. The molecule has 3 heterocycles. The van der Waals surface area contributed by atoms with Gasteiger partial charge in [-0.05, 0) is 13.0 Å². The summed E-state index contributed by atoms with van der Waals surface area (Å²) in [6.07, 6.45) is 1.74. The summed E-state index contributed by atoms with van der Waals surface area (Å²) in [5, 5.41) is 7.41. The van der Waals surface area contributed by atoms with Crippen molar-refractivity contribution < 1.29 is 9.59 Å². The Bertz CT molecular complexity index is 824. The maximum Gasteiger partial charge on any atom is 0.317 e. The first-order chi connectivity index (χ1) is 12.8. The summed E-state index contributed by atoms with van der Waals surface area (Å²) in [6, 6.07) is 1.77. The van der Waals surface area contributed by atoms with Gasteiger partial charge < -0.3 is 20.1 Å². The molecule has 3 amide bonds. The highest BCUT2D eigenvalue weighted by atomic mass is 16.2. The van der Waals surface area contributed by atoms with Crippen molar-refractivity contribution in [2.24, 2.45) is 5.92 Å². The number of aryl methyl sites for hydroxylation is 1. The zero-order chi connectivity index (χ0) is 19.6. The van der Waals surface area contributed by atoms with Gasteiger partial charge >= 0.3 is 6.03 Å². The molecule has 0 fully saturated rings. The fourth-order valence-corrected chi connectivity index (χ4v) is 3.11. The number of urea groups is 1. The number of nitrogens with zero attached hydrogens (tertiary/aromatic N) is 5. The lowest BCUT2D eigenvalue weighted by atomic mass is 10.1. The molecule has 0 saturated carbocycles. The second-order valence-corrected chi connectivity index (χ2v) is 7.29. The van der Waals surface area contributed by atoms with Crippen molar-refractivity contribution in [1.29, 1.82) is 0 Å². The third kappa shape index (κ3) is 4.47. The Morgan fingerprint density at radius 2 is 2.15 bits per heavy atom. The second kappa shape index (κ2) is 7.81. The number of nitrogens with one attached hydrogen (secondary N) is 2. The average molecular weight is 373 g/mol. The van der Waals surface area contributed by atoms with Crippen LogP contribution in [0.15, 0.2) is 12.3 Å². The van der Waals surface area contributed by atoms with Crippen LogP contribution in [-0.4, -0.2) is 55.1 Å². The monoisotopic (exact) mass is 373 g/mol. The highest BCUT2D eigenvalue weighted by Gasteiger charge is 2.24. The highest BCUT2D eigenvalue weighted by Crippen LogP contribution is 2.16. The standard InChI is InChI=1S/C18H27N7O2/c1-12(2)17(26)24-5-6-25-15(10-24)7-14(22-25)9-20-18(27)23(4)11-16-19-8-13(3)21-16/h7-8,12H,5-6,9-11H2,1-4H3,(H,19,21)(H,20,27). The predicted molar refractivity (Wildman–Crippen MR) is 99.5 cm³/mol. The molecule has 0 aromatic carbocycles. The van der Waals surface area contributed by atoms with E-state index in [9.17, 15) is 9.59 Å². The molecule has 0 spiro atoms. The number of fused-ring (bicyclic) bond motifs is 1. The van der Waals surface area contributed by atoms with Gasteiger partial charge in [-0.25, -0.2) is 9.78 Å². The summed E-state index contributed by atoms with van der Waals surface area (Å²) >= 11 is 0. The van der Waals surface area contributed by atoms with Crippen molar-refractivity contribution in [3.05, 3.63) is 35.2 Å². The zero-order valence-electron chi connectivity index (χ0n) is 16.3. The van der Waals surface area contributed by atoms with E-state index in [4.69, 9.17) is 0 Å². The number of H-pyrrole nitrogens is 1. The fourth-order valence-electron chi connectivity index (χ4n) is 3.11. The van der Waals surface area contributed by atoms with Crippen molar-refractivity contribution in [1.82, 2.24) is 34.9 Å². The van der Waals surface area contributed by atoms with Gasteiger partial charge in [-0.2, -0.15) is 5.10 Å². The second-order valence-electron chi connectivity index (χ2n) is 7.29. The van der Waals surface area contributed by atoms with Crippen LogP contribution >= 0.6 is 0 Å². The summed E-state index contributed by atoms with van der Waals surface area (Å²) in [5.74, 6) is 0.899. The first-order valence-electron chi connectivity index (χ1n) is 9.17. The highest BCUT2D eigenvalue weighted by molar-refractivity contribution is 5.78. The first-order valence-corrected chi connectivity index (χ1v) is 9.17. The van der Waals surface area contributed by atoms with Crippen LogP contribution in [0, 0.1) is 12.8 Å². The van der Waals surface area contributed by atoms with Gasteiger partial charge in [0.2, 0.25) is 5.91 Å². The van der Waals surface area contributed by atoms with E-state index in [-0.39, 0.29) is 17.9 Å². The molecule has 3 rings (SSSR count). The number of aromatic nitrogens is 4. The molecule has 1 aliphatic heterocycles. The molecule has 0 atom stereocenters. The normalized spacial score (nSPS) is 13.6. The van der Waals surface area contributed by atoms with Gasteiger partial charge in [0.1, 0.15) is 5.82 Å². The molecule has 146 valence electrons. The van der Waals surface area contributed by atoms with Crippen molar-refractivity contribution in [3.63, 3.8) is 0 Å². The number of amides is 3. The SMILES string of the molecule is Cc1cnc(CN(C)C(=O)NCc2cc3n(n2)CCN(C(=O)C(C)C)C3)[nH]1. The molecule has 0 bridgehead atoms. The summed E-state index contributed by atoms with van der Waals surface area (Å²) < 4.78 is 1.92. The molecule has 0 aliphatic carbocycles. The van der Waals surface area contributed by atoms with E-state index < -0.39 is 0 Å². The molecule has 1 aliphatic rings. The lowest BCUT2D eigenvalue weighted by Crippen LogP contribution is -2.40. The molecular weight excluding hydrogens is 346 g/mol. The third-order valence-corrected chi connectivity index (χ3v) is 4.56. The zero-order valence-corrected chi connectivity index (χ0v) is 16.3. The summed E-state index contributed by atoms with van der Waals surface area (Å²) in [6.45, 7) is 8.42. The largest absolute Gasteiger partial charge is 0.345 e. The van der Waals surface area contributed by atoms with E-state index in [0.29, 0.717) is 32.7 Å². The van der Waals surface area contributed by atoms with E-state index in [1.807, 2.05) is 36.4 Å². The minimum absolute atomic E-state index is 0.00767. The third-order valence-electron chi connectivity index (χ3n) is 4.56. The molecule has 2 aromatic heterocycles. The molecule has 0 unspecified atom stereocenters. The lowest BCUT2D eigenvalue weighted by Gasteiger charge is -2.29. The number of hydrogen-bond acceptors (Lipinski definition) is 4. The summed E-state index contributed by atoms with van der Waals surface area (Å²) in [5.41, 5.74) is 2.76. The van der Waals surface area contributed by atoms with Gasteiger partial charge in [0.05, 0.1) is 37.6 Å². The quantitative estimate of drug-likeness (QED) is 0.824. The van der Waals surface area contributed by atoms with Gasteiger partial charge in [0, 0.05) is 31.4 Å². The van der Waals surface area contributed by atoms with Crippen molar-refractivity contribution >= 4 is 11.9 Å². The summed E-state index contributed by atoms with van der Waals surface area (Å²) in [4.78, 5) is 35.2. The van der Waals surface area contributed by atoms with E-state index in [2.05, 4.69) is 20.4 Å². The Hall–Kier alpha value is -2.84. The fraction of sp³-hybridized carbons (Fsp3) is 0.556. The molecule has 0 saturated heterocycles. The Labute approximate surface area is 158 Å². The van der Waals surface area contributed by atoms with Gasteiger partial charge in [-0.15, -0.1) is 0 Å². The van der Waals surface area contributed by atoms with Gasteiger partial charge in [-0.1, -0.05) is 13.8 Å². The number of carbonyl (C=O) groups excluding carboxylic acids is 2. The predicted octanol–water partition coefficient (Wildman–Crippen LogP) is 1.25. The van der Waals surface area contributed by atoms with Gasteiger partial charge in [0.25, 0.3) is 0 Å². The Morgan fingerprint density at radius 3 is 2.81 bits per heavy atom. The van der Waals surface area contributed by atoms with Crippen LogP contribution in [0.5, 0.6) is 0 Å². The van der Waals surface area contributed by atoms with Crippen LogP contribution in [0.3, 0.4) is 0 Å². The maximum absolute atomic E-state index is 12.3. The first kappa shape index (κ1) is 18.9. The number of rotatable bonds is 5. The van der Waals surface area contributed by atoms with Crippen LogP contribution < -0.4 is 5.32 Å². The Balaban J connectivity index is 1.53. The van der Waals surface area contributed by atoms with Gasteiger partial charge in [-0.3, -0.25) is 9.48 Å². The van der Waals surface area contributed by atoms with E-state index in [1.165, 1.54) is 0 Å². The number of aromatic amines is 1. The van der Waals surface area contributed by atoms with Crippen molar-refractivity contribution in [2.75, 3.05) is 13.6 Å². The Morgan fingerprint density at radius 1 is 1.37 bits per heavy atom. The lowest BCUT2D eigenvalue weighted by molar-refractivity contribution is -0.136. The van der Waals surface area contributed by atoms with E-state index in [1.54, 1.807) is 18.1 Å². The van der Waals surface area contributed by atoms with Crippen LogP contribution in [0.2, 0.25) is 0 Å². The van der Waals surface area contributed by atoms with E-state index >= 15 is 0 Å². The number of hydrogen-bond donors (Lipinski definition) is 2. The van der Waals surface area contributed by atoms with Crippen LogP contribution in [0.25, 0.3) is 0 Å². The van der Waals surface area contributed by atoms with Crippen LogP contribution in [0.1, 0.15) is 36.8 Å². The smallest absolute Gasteiger partial charge is 0.317 e. The van der Waals surface area contributed by atoms with Gasteiger partial charge in [0.15, 0.2) is 0 Å². The maximum atomic E-state index is 12.3. The topological polar surface area (TPSA) is 99.2 Å². The minimum atomic E-state index is -0.188. The molecule has 2 aromatic rings. The molecule has 9 nitrogen and oxygen atoms in total. The summed E-state index contributed by atoms with van der Waals surface area (Å²) in [7, 11) is 1.72. The Kier molecular flexibility index (Phi) is 5.48. The van der Waals surface area contributed by atoms with Crippen molar-refractivity contribution in [3.8, 4) is 0 Å². The van der Waals surface area contributed by atoms with Crippen LogP contribution in [0.4, 0.5) is 4.79 Å². The van der Waals surface area contributed by atoms with E-state index in [0.717, 1.165) is 22.9 Å². The minimum Gasteiger partial charge on any atom is -0.345 e. The number of imidazole rings is 1. The number of carbonyl (C=O) groups is 2. The van der Waals surface area contributed by atoms with Crippen molar-refractivity contribution in [2.45, 2.75) is 47.0 Å². The molecule has 9 heteroatoms. The molecular formula is C18H27N7O2. The molecule has 27 heavy (non-hydrogen) atoms. The molecule has 2 N–H and O–H groups in total. The van der Waals surface area contributed by atoms with Crippen LogP contribution in [-0.2, 0) is 31.0 Å². The molecule has 0 radical (unpaired) electrons.